The third kappa shape index (κ3) is 1.77. The number of amides is 3. The maximum Gasteiger partial charge on any atom is 0.325 e. The van der Waals surface area contributed by atoms with Gasteiger partial charge in [-0.2, -0.15) is 0 Å². The summed E-state index contributed by atoms with van der Waals surface area (Å²) in [5.41, 5.74) is -0.819. The Bertz CT molecular complexity index is 510. The molecule has 0 aromatic carbocycles. The zero-order chi connectivity index (χ0) is 12.8. The van der Waals surface area contributed by atoms with Crippen LogP contribution in [0.25, 0.3) is 0 Å². The van der Waals surface area contributed by atoms with Gasteiger partial charge >= 0.3 is 6.03 Å². The number of ether oxygens (including phenoxy) is 1. The van der Waals surface area contributed by atoms with Gasteiger partial charge in [-0.3, -0.25) is 9.69 Å². The molecule has 2 fully saturated rings. The summed E-state index contributed by atoms with van der Waals surface area (Å²) in [6.45, 7) is 1.10. The molecule has 96 valence electrons. The SMILES string of the molecule is O=C1NC2(CCOC2)C(=O)N1Cc1sccc1Br. The van der Waals surface area contributed by atoms with Crippen molar-refractivity contribution in [3.05, 3.63) is 20.8 Å². The van der Waals surface area contributed by atoms with Gasteiger partial charge in [0, 0.05) is 22.4 Å². The van der Waals surface area contributed by atoms with Crippen molar-refractivity contribution in [2.75, 3.05) is 13.2 Å². The molecule has 2 aliphatic rings. The Hall–Kier alpha value is -0.920. The molecule has 3 amide bonds. The smallest absolute Gasteiger partial charge is 0.325 e. The predicted molar refractivity (Wildman–Crippen MR) is 69.3 cm³/mol. The number of carbonyl (C=O) groups is 2. The Morgan fingerprint density at radius 3 is 3.00 bits per heavy atom. The zero-order valence-electron chi connectivity index (χ0n) is 9.44. The number of nitrogens with one attached hydrogen (secondary N) is 1. The molecule has 5 nitrogen and oxygen atoms in total. The van der Waals surface area contributed by atoms with E-state index >= 15 is 0 Å². The number of imide groups is 1. The van der Waals surface area contributed by atoms with E-state index in [2.05, 4.69) is 21.2 Å². The fourth-order valence-electron chi connectivity index (χ4n) is 2.23. The molecule has 1 aromatic heterocycles. The molecule has 1 unspecified atom stereocenters. The largest absolute Gasteiger partial charge is 0.378 e. The summed E-state index contributed by atoms with van der Waals surface area (Å²) in [4.78, 5) is 26.5. The molecule has 1 atom stereocenters. The predicted octanol–water partition coefficient (Wildman–Crippen LogP) is 1.72. The summed E-state index contributed by atoms with van der Waals surface area (Å²) >= 11 is 4.92. The molecule has 0 saturated carbocycles. The Labute approximate surface area is 116 Å². The summed E-state index contributed by atoms with van der Waals surface area (Å²) in [6.07, 6.45) is 0.555. The van der Waals surface area contributed by atoms with Gasteiger partial charge in [-0.1, -0.05) is 0 Å². The second kappa shape index (κ2) is 4.32. The number of rotatable bonds is 2. The lowest BCUT2D eigenvalue weighted by molar-refractivity contribution is -0.131. The Kier molecular flexibility index (Phi) is 2.91. The van der Waals surface area contributed by atoms with Crippen molar-refractivity contribution in [3.8, 4) is 0 Å². The average molecular weight is 331 g/mol. The highest BCUT2D eigenvalue weighted by Crippen LogP contribution is 2.30. The van der Waals surface area contributed by atoms with Crippen LogP contribution < -0.4 is 5.32 Å². The van der Waals surface area contributed by atoms with Gasteiger partial charge in [-0.25, -0.2) is 4.79 Å². The molecular weight excluding hydrogens is 320 g/mol. The Balaban J connectivity index is 1.83. The van der Waals surface area contributed by atoms with Gasteiger partial charge in [0.25, 0.3) is 5.91 Å². The third-order valence-corrected chi connectivity index (χ3v) is 5.17. The van der Waals surface area contributed by atoms with Crippen LogP contribution in [0.2, 0.25) is 0 Å². The standard InChI is InChI=1S/C11H11BrN2O3S/c12-7-1-4-18-8(7)5-14-9(15)11(13-10(14)16)2-3-17-6-11/h1,4H,2-3,5-6H2,(H,13,16). The monoisotopic (exact) mass is 330 g/mol. The minimum atomic E-state index is -0.819. The molecule has 3 rings (SSSR count). The lowest BCUT2D eigenvalue weighted by atomic mass is 9.99. The van der Waals surface area contributed by atoms with Gasteiger partial charge < -0.3 is 10.1 Å². The van der Waals surface area contributed by atoms with Crippen molar-refractivity contribution in [3.63, 3.8) is 0 Å². The van der Waals surface area contributed by atoms with Crippen LogP contribution in [0.5, 0.6) is 0 Å². The minimum Gasteiger partial charge on any atom is -0.378 e. The number of urea groups is 1. The molecule has 3 heterocycles. The van der Waals surface area contributed by atoms with Gasteiger partial charge in [0.05, 0.1) is 13.2 Å². The molecule has 0 aliphatic carbocycles. The topological polar surface area (TPSA) is 58.6 Å². The van der Waals surface area contributed by atoms with E-state index in [1.807, 2.05) is 11.4 Å². The van der Waals surface area contributed by atoms with Crippen LogP contribution >= 0.6 is 27.3 Å². The van der Waals surface area contributed by atoms with Crippen molar-refractivity contribution in [2.45, 2.75) is 18.5 Å². The number of carbonyl (C=O) groups excluding carboxylic acids is 2. The molecule has 7 heteroatoms. The van der Waals surface area contributed by atoms with Crippen LogP contribution in [0.1, 0.15) is 11.3 Å². The van der Waals surface area contributed by atoms with E-state index in [1.54, 1.807) is 0 Å². The van der Waals surface area contributed by atoms with Crippen LogP contribution in [0, 0.1) is 0 Å². The number of hydrogen-bond donors (Lipinski definition) is 1. The lowest BCUT2D eigenvalue weighted by Gasteiger charge is -2.18. The van der Waals surface area contributed by atoms with Crippen molar-refractivity contribution < 1.29 is 14.3 Å². The van der Waals surface area contributed by atoms with Crippen LogP contribution in [-0.4, -0.2) is 35.6 Å². The minimum absolute atomic E-state index is 0.176. The fourth-order valence-corrected chi connectivity index (χ4v) is 3.70. The maximum absolute atomic E-state index is 12.3. The van der Waals surface area contributed by atoms with E-state index < -0.39 is 5.54 Å². The summed E-state index contributed by atoms with van der Waals surface area (Å²) in [5.74, 6) is -0.176. The fraction of sp³-hybridized carbons (Fsp3) is 0.455. The van der Waals surface area contributed by atoms with E-state index in [1.165, 1.54) is 16.2 Å². The van der Waals surface area contributed by atoms with Gasteiger partial charge in [0.1, 0.15) is 5.54 Å². The van der Waals surface area contributed by atoms with Crippen molar-refractivity contribution in [1.82, 2.24) is 10.2 Å². The van der Waals surface area contributed by atoms with E-state index in [9.17, 15) is 9.59 Å². The number of halogens is 1. The molecule has 18 heavy (non-hydrogen) atoms. The quantitative estimate of drug-likeness (QED) is 0.840. The number of hydrogen-bond acceptors (Lipinski definition) is 4. The highest BCUT2D eigenvalue weighted by Gasteiger charge is 2.53. The van der Waals surface area contributed by atoms with Crippen LogP contribution in [0.15, 0.2) is 15.9 Å². The summed E-state index contributed by atoms with van der Waals surface area (Å²) in [6, 6.07) is 1.58. The maximum atomic E-state index is 12.3. The van der Waals surface area contributed by atoms with Crippen molar-refractivity contribution >= 4 is 39.2 Å². The Morgan fingerprint density at radius 2 is 2.39 bits per heavy atom. The molecule has 0 radical (unpaired) electrons. The first-order valence-electron chi connectivity index (χ1n) is 5.56. The van der Waals surface area contributed by atoms with Crippen LogP contribution in [0.3, 0.4) is 0 Å². The highest BCUT2D eigenvalue weighted by molar-refractivity contribution is 9.10. The van der Waals surface area contributed by atoms with Gasteiger partial charge in [-0.15, -0.1) is 11.3 Å². The summed E-state index contributed by atoms with van der Waals surface area (Å²) in [7, 11) is 0. The van der Waals surface area contributed by atoms with E-state index in [-0.39, 0.29) is 18.5 Å². The van der Waals surface area contributed by atoms with E-state index in [0.29, 0.717) is 19.6 Å². The first-order chi connectivity index (χ1) is 8.62. The van der Waals surface area contributed by atoms with Gasteiger partial charge in [-0.05, 0) is 27.4 Å². The first kappa shape index (κ1) is 12.1. The molecule has 1 spiro atoms. The normalized spacial score (nSPS) is 27.3. The molecule has 1 N–H and O–H groups in total. The molecule has 0 bridgehead atoms. The highest BCUT2D eigenvalue weighted by atomic mass is 79.9. The molecule has 1 aromatic rings. The van der Waals surface area contributed by atoms with E-state index in [4.69, 9.17) is 4.74 Å². The second-order valence-electron chi connectivity index (χ2n) is 4.40. The number of nitrogens with zero attached hydrogens (tertiary/aromatic N) is 1. The van der Waals surface area contributed by atoms with Crippen LogP contribution in [0.4, 0.5) is 4.79 Å². The number of thiophene rings is 1. The van der Waals surface area contributed by atoms with Crippen molar-refractivity contribution in [2.24, 2.45) is 0 Å². The summed E-state index contributed by atoms with van der Waals surface area (Å²) in [5, 5.41) is 4.69. The third-order valence-electron chi connectivity index (χ3n) is 3.26. The molecular formula is C11H11BrN2O3S. The molecule has 2 saturated heterocycles. The molecule has 2 aliphatic heterocycles. The van der Waals surface area contributed by atoms with E-state index in [0.717, 1.165) is 9.35 Å². The van der Waals surface area contributed by atoms with Gasteiger partial charge in [0.2, 0.25) is 0 Å². The first-order valence-corrected chi connectivity index (χ1v) is 7.23. The van der Waals surface area contributed by atoms with Crippen molar-refractivity contribution in [1.29, 1.82) is 0 Å². The second-order valence-corrected chi connectivity index (χ2v) is 6.25. The average Bonchev–Trinajstić information content (AvgIpc) is 3.00. The zero-order valence-corrected chi connectivity index (χ0v) is 11.8. The summed E-state index contributed by atoms with van der Waals surface area (Å²) < 4.78 is 6.17. The van der Waals surface area contributed by atoms with Gasteiger partial charge in [0.15, 0.2) is 0 Å². The Morgan fingerprint density at radius 1 is 1.56 bits per heavy atom. The van der Waals surface area contributed by atoms with Crippen LogP contribution in [-0.2, 0) is 16.1 Å². The lowest BCUT2D eigenvalue weighted by Crippen LogP contribution is -2.47.